The van der Waals surface area contributed by atoms with Gasteiger partial charge in [-0.15, -0.1) is 0 Å². The van der Waals surface area contributed by atoms with Gasteiger partial charge in [-0.25, -0.2) is 0 Å². The van der Waals surface area contributed by atoms with E-state index in [-0.39, 0.29) is 23.7 Å². The van der Waals surface area contributed by atoms with E-state index >= 15 is 0 Å². The number of amides is 2. The Morgan fingerprint density at radius 1 is 1.06 bits per heavy atom. The van der Waals surface area contributed by atoms with Crippen molar-refractivity contribution in [3.63, 3.8) is 0 Å². The number of hydrogen-bond donors (Lipinski definition) is 1. The molecule has 2 aliphatic heterocycles. The second-order valence-electron chi connectivity index (χ2n) is 9.26. The van der Waals surface area contributed by atoms with Crippen LogP contribution in [0.4, 0.5) is 0 Å². The topological polar surface area (TPSA) is 90.8 Å². The first-order valence-electron chi connectivity index (χ1n) is 11.4. The van der Waals surface area contributed by atoms with E-state index in [0.717, 1.165) is 56.0 Å². The number of pyridine rings is 1. The Labute approximate surface area is 195 Å². The molecule has 7 heteroatoms. The van der Waals surface area contributed by atoms with Gasteiger partial charge < -0.3 is 14.9 Å². The van der Waals surface area contributed by atoms with Crippen molar-refractivity contribution in [1.29, 1.82) is 0 Å². The van der Waals surface area contributed by atoms with Crippen LogP contribution >= 0.6 is 0 Å². The average molecular weight is 452 g/mol. The molecule has 176 valence electrons. The highest BCUT2D eigenvalue weighted by Crippen LogP contribution is 2.46. The normalized spacial score (nSPS) is 21.2. The summed E-state index contributed by atoms with van der Waals surface area (Å²) in [5.41, 5.74) is 4.26. The van der Waals surface area contributed by atoms with Crippen LogP contribution in [0.15, 0.2) is 42.5 Å². The number of benzene rings is 1. The Bertz CT molecular complexity index is 974. The van der Waals surface area contributed by atoms with Gasteiger partial charge in [0.05, 0.1) is 6.42 Å². The second kappa shape index (κ2) is 10.6. The number of aryl methyl sites for hydroxylation is 3. The molecule has 4 rings (SSSR count). The van der Waals surface area contributed by atoms with Crippen molar-refractivity contribution in [2.24, 2.45) is 11.3 Å². The van der Waals surface area contributed by atoms with Crippen LogP contribution in [-0.2, 0) is 27.2 Å². The highest BCUT2D eigenvalue weighted by Gasteiger charge is 2.53. The number of nitrogens with zero attached hydrogens (tertiary/aromatic N) is 3. The molecule has 3 heterocycles. The van der Waals surface area contributed by atoms with Crippen LogP contribution in [0.3, 0.4) is 0 Å². The predicted molar refractivity (Wildman–Crippen MR) is 126 cm³/mol. The molecule has 0 spiro atoms. The summed E-state index contributed by atoms with van der Waals surface area (Å²) in [5, 5.41) is 6.89. The summed E-state index contributed by atoms with van der Waals surface area (Å²) >= 11 is 0. The Kier molecular flexibility index (Phi) is 7.84. The highest BCUT2D eigenvalue weighted by atomic mass is 16.3. The number of carbonyl (C=O) groups is 3. The molecule has 0 radical (unpaired) electrons. The highest BCUT2D eigenvalue weighted by molar-refractivity contribution is 5.79. The van der Waals surface area contributed by atoms with Gasteiger partial charge in [0.1, 0.15) is 0 Å². The summed E-state index contributed by atoms with van der Waals surface area (Å²) in [6, 6.07) is 14.5. The molecule has 2 fully saturated rings. The molecule has 1 N–H and O–H groups in total. The molecule has 2 atom stereocenters. The summed E-state index contributed by atoms with van der Waals surface area (Å²) in [7, 11) is 0. The lowest BCUT2D eigenvalue weighted by molar-refractivity contribution is -0.130. The van der Waals surface area contributed by atoms with Crippen molar-refractivity contribution < 1.29 is 19.5 Å². The van der Waals surface area contributed by atoms with Crippen molar-refractivity contribution in [2.75, 3.05) is 26.2 Å². The van der Waals surface area contributed by atoms with Crippen LogP contribution in [0.1, 0.15) is 35.9 Å². The minimum Gasteiger partial charge on any atom is -0.483 e. The molecule has 2 amide bonds. The third-order valence-corrected chi connectivity index (χ3v) is 6.81. The molecule has 1 aromatic carbocycles. The molecule has 0 bridgehead atoms. The van der Waals surface area contributed by atoms with Gasteiger partial charge in [0.25, 0.3) is 6.47 Å². The fourth-order valence-corrected chi connectivity index (χ4v) is 5.31. The molecule has 33 heavy (non-hydrogen) atoms. The van der Waals surface area contributed by atoms with Gasteiger partial charge in [0.2, 0.25) is 11.8 Å². The number of hydrogen-bond acceptors (Lipinski definition) is 4. The predicted octanol–water partition coefficient (Wildman–Crippen LogP) is 2.88. The van der Waals surface area contributed by atoms with Crippen molar-refractivity contribution >= 4 is 18.3 Å². The van der Waals surface area contributed by atoms with Gasteiger partial charge >= 0.3 is 0 Å². The van der Waals surface area contributed by atoms with E-state index in [0.29, 0.717) is 12.3 Å². The molecule has 2 aliphatic rings. The maximum absolute atomic E-state index is 13.1. The monoisotopic (exact) mass is 451 g/mol. The quantitative estimate of drug-likeness (QED) is 0.706. The fraction of sp³-hybridized carbons (Fsp3) is 0.462. The molecule has 2 aromatic rings. The zero-order valence-corrected chi connectivity index (χ0v) is 19.7. The lowest BCUT2D eigenvalue weighted by Crippen LogP contribution is -2.39. The minimum atomic E-state index is -0.250. The Morgan fingerprint density at radius 2 is 1.64 bits per heavy atom. The van der Waals surface area contributed by atoms with Crippen LogP contribution in [0, 0.1) is 25.2 Å². The van der Waals surface area contributed by atoms with Gasteiger partial charge in [-0.1, -0.05) is 30.3 Å². The maximum Gasteiger partial charge on any atom is 0.290 e. The van der Waals surface area contributed by atoms with E-state index < -0.39 is 0 Å². The Balaban J connectivity index is 0.000000968. The third kappa shape index (κ3) is 5.97. The van der Waals surface area contributed by atoms with Crippen LogP contribution in [0.25, 0.3) is 0 Å². The van der Waals surface area contributed by atoms with E-state index in [1.165, 1.54) is 5.56 Å². The summed E-state index contributed by atoms with van der Waals surface area (Å²) in [5.74, 6) is 0.682. The van der Waals surface area contributed by atoms with Crippen LogP contribution in [0.2, 0.25) is 0 Å². The standard InChI is InChI=1S/C25H31N3O2.CH2O2/c1-18-11-22(12-19(2)26-18)13-24(30)28-15-23-14-27(20(3)29)16-25(23,17-28)10-9-21-7-5-4-6-8-21;2-1-3/h4-8,11-12,23H,9-10,13-17H2,1-3H3;1H,(H,2,3)/t23-,25+;/m1./s1. The molecule has 2 saturated heterocycles. The van der Waals surface area contributed by atoms with Gasteiger partial charge in [0, 0.05) is 55.8 Å². The zero-order valence-electron chi connectivity index (χ0n) is 19.7. The summed E-state index contributed by atoms with van der Waals surface area (Å²) in [6.45, 7) is 8.37. The number of carboxylic acid groups (broad SMARTS) is 1. The van der Waals surface area contributed by atoms with E-state index in [9.17, 15) is 9.59 Å². The number of carbonyl (C=O) groups excluding carboxylic acids is 2. The summed E-state index contributed by atoms with van der Waals surface area (Å²) < 4.78 is 0. The maximum atomic E-state index is 13.1. The number of rotatable bonds is 5. The van der Waals surface area contributed by atoms with Gasteiger partial charge in [-0.3, -0.25) is 19.4 Å². The van der Waals surface area contributed by atoms with Crippen molar-refractivity contribution in [2.45, 2.75) is 40.0 Å². The molecular formula is C26H33N3O4. The Hall–Kier alpha value is -3.22. The molecular weight excluding hydrogens is 418 g/mol. The fourth-order valence-electron chi connectivity index (χ4n) is 5.31. The summed E-state index contributed by atoms with van der Waals surface area (Å²) in [4.78, 5) is 42.0. The lowest BCUT2D eigenvalue weighted by atomic mass is 9.76. The second-order valence-corrected chi connectivity index (χ2v) is 9.26. The van der Waals surface area contributed by atoms with Crippen molar-refractivity contribution in [3.05, 3.63) is 65.0 Å². The van der Waals surface area contributed by atoms with Gasteiger partial charge in [-0.05, 0) is 49.9 Å². The van der Waals surface area contributed by atoms with E-state index in [4.69, 9.17) is 9.90 Å². The first kappa shape index (κ1) is 24.4. The third-order valence-electron chi connectivity index (χ3n) is 6.81. The van der Waals surface area contributed by atoms with Gasteiger partial charge in [-0.2, -0.15) is 0 Å². The minimum absolute atomic E-state index is 0.00124. The first-order valence-corrected chi connectivity index (χ1v) is 11.4. The van der Waals surface area contributed by atoms with E-state index in [1.54, 1.807) is 6.92 Å². The summed E-state index contributed by atoms with van der Waals surface area (Å²) in [6.07, 6.45) is 2.40. The molecule has 0 unspecified atom stereocenters. The molecule has 0 saturated carbocycles. The number of aromatic nitrogens is 1. The van der Waals surface area contributed by atoms with Crippen LogP contribution < -0.4 is 0 Å². The Morgan fingerprint density at radius 3 is 2.24 bits per heavy atom. The molecule has 1 aromatic heterocycles. The van der Waals surface area contributed by atoms with Crippen molar-refractivity contribution in [3.8, 4) is 0 Å². The largest absolute Gasteiger partial charge is 0.483 e. The van der Waals surface area contributed by atoms with Gasteiger partial charge in [0.15, 0.2) is 0 Å². The zero-order chi connectivity index (χ0) is 24.0. The molecule has 7 nitrogen and oxygen atoms in total. The van der Waals surface area contributed by atoms with Crippen LogP contribution in [0.5, 0.6) is 0 Å². The van der Waals surface area contributed by atoms with Crippen molar-refractivity contribution in [1.82, 2.24) is 14.8 Å². The molecule has 0 aliphatic carbocycles. The SMILES string of the molecule is CC(=O)N1C[C@@H]2CN(C(=O)Cc3cc(C)nc(C)c3)C[C@]2(CCc2ccccc2)C1.O=CO. The number of likely N-dealkylation sites (tertiary alicyclic amines) is 2. The lowest BCUT2D eigenvalue weighted by Gasteiger charge is -2.29. The first-order chi connectivity index (χ1) is 15.8. The van der Waals surface area contributed by atoms with E-state index in [1.807, 2.05) is 41.8 Å². The number of fused-ring (bicyclic) bond motifs is 1. The average Bonchev–Trinajstić information content (AvgIpc) is 3.28. The smallest absolute Gasteiger partial charge is 0.290 e. The van der Waals surface area contributed by atoms with E-state index in [2.05, 4.69) is 29.2 Å². The van der Waals surface area contributed by atoms with Crippen LogP contribution in [-0.4, -0.2) is 64.4 Å².